The second-order valence-corrected chi connectivity index (χ2v) is 2.83. The van der Waals surface area contributed by atoms with Gasteiger partial charge in [0.2, 0.25) is 0 Å². The fourth-order valence-electron chi connectivity index (χ4n) is 0.620. The van der Waals surface area contributed by atoms with Crippen molar-refractivity contribution in [3.63, 3.8) is 0 Å². The minimum absolute atomic E-state index is 0.132. The highest BCUT2D eigenvalue weighted by Crippen LogP contribution is 2.11. The Morgan fingerprint density at radius 2 is 1.64 bits per heavy atom. The van der Waals surface area contributed by atoms with E-state index >= 15 is 0 Å². The summed E-state index contributed by atoms with van der Waals surface area (Å²) in [6.45, 7) is 13.5. The van der Waals surface area contributed by atoms with Crippen LogP contribution < -0.4 is 0 Å². The lowest BCUT2D eigenvalue weighted by Crippen LogP contribution is -1.77. The van der Waals surface area contributed by atoms with Gasteiger partial charge in [-0.1, -0.05) is 45.9 Å². The smallest absolute Gasteiger partial charge is 0.122 e. The Morgan fingerprint density at radius 3 is 2.00 bits per heavy atom. The van der Waals surface area contributed by atoms with E-state index in [1.165, 1.54) is 6.08 Å². The van der Waals surface area contributed by atoms with Crippen molar-refractivity contribution in [1.82, 2.24) is 0 Å². The Morgan fingerprint density at radius 1 is 1.14 bits per heavy atom. The van der Waals surface area contributed by atoms with E-state index in [1.807, 2.05) is 27.7 Å². The molecule has 0 aliphatic carbocycles. The summed E-state index contributed by atoms with van der Waals surface area (Å²) in [5, 5.41) is 0. The molecule has 1 heteroatoms. The minimum Gasteiger partial charge on any atom is -0.207 e. The quantitative estimate of drug-likeness (QED) is 0.545. The van der Waals surface area contributed by atoms with Crippen molar-refractivity contribution < 1.29 is 4.39 Å². The van der Waals surface area contributed by atoms with Gasteiger partial charge < -0.3 is 0 Å². The molecule has 0 atom stereocenters. The molecule has 0 rings (SSSR count). The van der Waals surface area contributed by atoms with Crippen molar-refractivity contribution in [3.8, 4) is 0 Å². The number of hydrogen-bond donors (Lipinski definition) is 0. The number of allylic oxidation sites excluding steroid dienone is 5. The molecular formula is C13H23F. The fourth-order valence-corrected chi connectivity index (χ4v) is 0.620. The monoisotopic (exact) mass is 198 g/mol. The van der Waals surface area contributed by atoms with Crippen molar-refractivity contribution in [2.45, 2.75) is 47.5 Å². The van der Waals surface area contributed by atoms with Gasteiger partial charge in [0.15, 0.2) is 0 Å². The van der Waals surface area contributed by atoms with Crippen LogP contribution in [0.15, 0.2) is 35.7 Å². The highest BCUT2D eigenvalue weighted by atomic mass is 19.1. The van der Waals surface area contributed by atoms with Gasteiger partial charge >= 0.3 is 0 Å². The molecule has 82 valence electrons. The summed E-state index contributed by atoms with van der Waals surface area (Å²) < 4.78 is 13.0. The summed E-state index contributed by atoms with van der Waals surface area (Å²) in [5.74, 6) is -0.132. The molecule has 14 heavy (non-hydrogen) atoms. The number of halogens is 1. The first-order chi connectivity index (χ1) is 6.61. The van der Waals surface area contributed by atoms with Crippen LogP contribution in [0, 0.1) is 0 Å². The number of rotatable bonds is 4. The standard InChI is InChI=1S/C11H17F.C2H6/c1-5-9(3)7-8-11(12)10(4)6-2;1-2/h7-8H,3,5-6H2,1-2,4H3;1-2H3/b8-7-,11-10-;. The van der Waals surface area contributed by atoms with E-state index in [2.05, 4.69) is 6.58 Å². The Hall–Kier alpha value is -0.850. The number of hydrogen-bond acceptors (Lipinski definition) is 0. The lowest BCUT2D eigenvalue weighted by Gasteiger charge is -1.95. The first-order valence-electron chi connectivity index (χ1n) is 5.32. The third-order valence-corrected chi connectivity index (χ3v) is 1.86. The van der Waals surface area contributed by atoms with Gasteiger partial charge in [0, 0.05) is 0 Å². The Kier molecular flexibility index (Phi) is 11.4. The Balaban J connectivity index is 0. The molecule has 0 spiro atoms. The zero-order valence-electron chi connectivity index (χ0n) is 10.2. The maximum Gasteiger partial charge on any atom is 0.122 e. The van der Waals surface area contributed by atoms with Crippen molar-refractivity contribution in [3.05, 3.63) is 35.7 Å². The topological polar surface area (TPSA) is 0 Å². The van der Waals surface area contributed by atoms with Crippen LogP contribution in [0.3, 0.4) is 0 Å². The average Bonchev–Trinajstić information content (AvgIpc) is 2.26. The van der Waals surface area contributed by atoms with E-state index in [1.54, 1.807) is 13.0 Å². The maximum absolute atomic E-state index is 13.0. The van der Waals surface area contributed by atoms with Crippen molar-refractivity contribution in [2.75, 3.05) is 0 Å². The molecule has 0 fully saturated rings. The molecule has 0 heterocycles. The van der Waals surface area contributed by atoms with Gasteiger partial charge in [0.05, 0.1) is 0 Å². The Bertz CT molecular complexity index is 209. The third kappa shape index (κ3) is 7.78. The molecular weight excluding hydrogens is 175 g/mol. The molecule has 0 aromatic carbocycles. The molecule has 0 aliphatic heterocycles. The molecule has 0 unspecified atom stereocenters. The lowest BCUT2D eigenvalue weighted by molar-refractivity contribution is 0.648. The van der Waals surface area contributed by atoms with Crippen molar-refractivity contribution in [2.24, 2.45) is 0 Å². The summed E-state index contributed by atoms with van der Waals surface area (Å²) >= 11 is 0. The van der Waals surface area contributed by atoms with Crippen molar-refractivity contribution in [1.29, 1.82) is 0 Å². The lowest BCUT2D eigenvalue weighted by atomic mass is 10.1. The van der Waals surface area contributed by atoms with Gasteiger partial charge in [-0.3, -0.25) is 0 Å². The van der Waals surface area contributed by atoms with E-state index < -0.39 is 0 Å². The highest BCUT2D eigenvalue weighted by molar-refractivity contribution is 5.24. The van der Waals surface area contributed by atoms with Crippen LogP contribution in [-0.2, 0) is 0 Å². The van der Waals surface area contributed by atoms with Crippen LogP contribution in [0.5, 0.6) is 0 Å². The SMILES string of the molecule is C=C(/C=C\C(F)=C(/C)CC)CC.CC. The van der Waals surface area contributed by atoms with Gasteiger partial charge in [0.25, 0.3) is 0 Å². The largest absolute Gasteiger partial charge is 0.207 e. The summed E-state index contributed by atoms with van der Waals surface area (Å²) in [4.78, 5) is 0. The van der Waals surface area contributed by atoms with Gasteiger partial charge in [-0.2, -0.15) is 0 Å². The van der Waals surface area contributed by atoms with Gasteiger partial charge in [0.1, 0.15) is 5.83 Å². The second-order valence-electron chi connectivity index (χ2n) is 2.83. The van der Waals surface area contributed by atoms with Crippen LogP contribution in [0.4, 0.5) is 4.39 Å². The molecule has 0 saturated carbocycles. The summed E-state index contributed by atoms with van der Waals surface area (Å²) in [5.41, 5.74) is 1.74. The van der Waals surface area contributed by atoms with Crippen LogP contribution in [-0.4, -0.2) is 0 Å². The predicted molar refractivity (Wildman–Crippen MR) is 64.0 cm³/mol. The van der Waals surface area contributed by atoms with Gasteiger partial charge in [-0.15, -0.1) is 0 Å². The summed E-state index contributed by atoms with van der Waals surface area (Å²) in [6, 6.07) is 0. The average molecular weight is 198 g/mol. The summed E-state index contributed by atoms with van der Waals surface area (Å²) in [7, 11) is 0. The van der Waals surface area contributed by atoms with E-state index in [-0.39, 0.29) is 5.83 Å². The molecule has 0 saturated heterocycles. The Labute approximate surface area is 88.2 Å². The fraction of sp³-hybridized carbons (Fsp3) is 0.538. The predicted octanol–water partition coefficient (Wildman–Crippen LogP) is 5.19. The van der Waals surface area contributed by atoms with E-state index in [0.717, 1.165) is 24.0 Å². The zero-order valence-corrected chi connectivity index (χ0v) is 10.2. The minimum atomic E-state index is -0.132. The van der Waals surface area contributed by atoms with E-state index in [4.69, 9.17) is 0 Å². The first kappa shape index (κ1) is 15.6. The van der Waals surface area contributed by atoms with E-state index in [0.29, 0.717) is 0 Å². The molecule has 0 nitrogen and oxygen atoms in total. The molecule has 0 amide bonds. The second kappa shape index (κ2) is 10.2. The molecule has 0 aliphatic rings. The summed E-state index contributed by atoms with van der Waals surface area (Å²) in [6.07, 6.45) is 4.85. The van der Waals surface area contributed by atoms with Gasteiger partial charge in [-0.25, -0.2) is 4.39 Å². The van der Waals surface area contributed by atoms with Gasteiger partial charge in [-0.05, 0) is 31.4 Å². The highest BCUT2D eigenvalue weighted by Gasteiger charge is 1.93. The molecule has 0 aromatic rings. The first-order valence-corrected chi connectivity index (χ1v) is 5.32. The molecule has 0 aromatic heterocycles. The molecule has 0 bridgehead atoms. The molecule has 0 N–H and O–H groups in total. The van der Waals surface area contributed by atoms with Crippen LogP contribution >= 0.6 is 0 Å². The maximum atomic E-state index is 13.0. The zero-order chi connectivity index (χ0) is 11.6. The van der Waals surface area contributed by atoms with E-state index in [9.17, 15) is 4.39 Å². The van der Waals surface area contributed by atoms with Crippen molar-refractivity contribution >= 4 is 0 Å². The third-order valence-electron chi connectivity index (χ3n) is 1.86. The molecule has 0 radical (unpaired) electrons. The van der Waals surface area contributed by atoms with Crippen LogP contribution in [0.25, 0.3) is 0 Å². The normalized spacial score (nSPS) is 11.9. The van der Waals surface area contributed by atoms with Crippen LogP contribution in [0.1, 0.15) is 47.5 Å². The van der Waals surface area contributed by atoms with Crippen LogP contribution in [0.2, 0.25) is 0 Å².